The maximum absolute atomic E-state index is 12.6. The second-order valence-electron chi connectivity index (χ2n) is 6.55. The topological polar surface area (TPSA) is 67.4 Å². The standard InChI is InChI=1S/C23H24N2O3S/c1-3-28-23(27)18-7-4-5-8-19(18)25-21(26)15-24-22(20-9-6-14-29-20)17-12-10-16(2)11-13-17/h4-14,22,24H,3,15H2,1-2H3,(H,25,26)/t22-/m1/s1. The number of carbonyl (C=O) groups excluding carboxylic acids is 2. The van der Waals surface area contributed by atoms with E-state index in [2.05, 4.69) is 41.0 Å². The lowest BCUT2D eigenvalue weighted by atomic mass is 10.0. The number of thiophene rings is 1. The lowest BCUT2D eigenvalue weighted by Crippen LogP contribution is -2.32. The molecule has 0 fully saturated rings. The molecule has 0 spiro atoms. The third kappa shape index (κ3) is 5.53. The van der Waals surface area contributed by atoms with Gasteiger partial charge in [-0.3, -0.25) is 10.1 Å². The minimum atomic E-state index is -0.451. The molecule has 0 aliphatic heterocycles. The van der Waals surface area contributed by atoms with Gasteiger partial charge >= 0.3 is 5.97 Å². The number of nitrogens with one attached hydrogen (secondary N) is 2. The molecule has 3 rings (SSSR count). The van der Waals surface area contributed by atoms with Crippen molar-refractivity contribution in [3.8, 4) is 0 Å². The smallest absolute Gasteiger partial charge is 0.340 e. The van der Waals surface area contributed by atoms with Gasteiger partial charge in [0.1, 0.15) is 0 Å². The van der Waals surface area contributed by atoms with Gasteiger partial charge in [-0.2, -0.15) is 0 Å². The molecular weight excluding hydrogens is 384 g/mol. The van der Waals surface area contributed by atoms with Gasteiger partial charge in [0, 0.05) is 4.88 Å². The summed E-state index contributed by atoms with van der Waals surface area (Å²) in [5.41, 5.74) is 3.07. The van der Waals surface area contributed by atoms with E-state index in [1.807, 2.05) is 18.4 Å². The first-order valence-corrected chi connectivity index (χ1v) is 10.4. The Bertz CT molecular complexity index is 953. The minimum absolute atomic E-state index is 0.0818. The maximum atomic E-state index is 12.6. The van der Waals surface area contributed by atoms with E-state index in [1.54, 1.807) is 42.5 Å². The summed E-state index contributed by atoms with van der Waals surface area (Å²) in [5.74, 6) is -0.678. The fourth-order valence-corrected chi connectivity index (χ4v) is 3.79. The summed E-state index contributed by atoms with van der Waals surface area (Å²) in [6.07, 6.45) is 0. The van der Waals surface area contributed by atoms with Crippen LogP contribution in [-0.4, -0.2) is 25.0 Å². The molecule has 0 bridgehead atoms. The van der Waals surface area contributed by atoms with Crippen LogP contribution in [0.25, 0.3) is 0 Å². The first-order valence-electron chi connectivity index (χ1n) is 9.48. The highest BCUT2D eigenvalue weighted by atomic mass is 32.1. The van der Waals surface area contributed by atoms with Crippen molar-refractivity contribution in [2.45, 2.75) is 19.9 Å². The van der Waals surface area contributed by atoms with Gasteiger partial charge < -0.3 is 10.1 Å². The Balaban J connectivity index is 1.70. The van der Waals surface area contributed by atoms with Gasteiger partial charge in [0.05, 0.1) is 30.4 Å². The van der Waals surface area contributed by atoms with Crippen LogP contribution >= 0.6 is 11.3 Å². The number of amides is 1. The third-order valence-corrected chi connectivity index (χ3v) is 5.34. The molecule has 1 atom stereocenters. The highest BCUT2D eigenvalue weighted by Gasteiger charge is 2.18. The molecule has 1 amide bonds. The number of rotatable bonds is 8. The molecule has 0 unspecified atom stereocenters. The average Bonchev–Trinajstić information content (AvgIpc) is 3.24. The molecule has 5 nitrogen and oxygen atoms in total. The van der Waals surface area contributed by atoms with Crippen LogP contribution in [0.1, 0.15) is 39.3 Å². The van der Waals surface area contributed by atoms with Crippen LogP contribution in [-0.2, 0) is 9.53 Å². The molecule has 150 valence electrons. The van der Waals surface area contributed by atoms with E-state index in [1.165, 1.54) is 5.56 Å². The summed E-state index contributed by atoms with van der Waals surface area (Å²) in [6.45, 7) is 4.18. The van der Waals surface area contributed by atoms with Gasteiger partial charge in [-0.25, -0.2) is 4.79 Å². The fraction of sp³-hybridized carbons (Fsp3) is 0.217. The number of hydrogen-bond donors (Lipinski definition) is 2. The van der Waals surface area contributed by atoms with Gasteiger partial charge in [0.15, 0.2) is 0 Å². The molecule has 29 heavy (non-hydrogen) atoms. The van der Waals surface area contributed by atoms with E-state index in [0.717, 1.165) is 10.4 Å². The second-order valence-corrected chi connectivity index (χ2v) is 7.53. The molecule has 0 saturated heterocycles. The predicted octanol–water partition coefficient (Wildman–Crippen LogP) is 4.55. The number of benzene rings is 2. The Hall–Kier alpha value is -2.96. The van der Waals surface area contributed by atoms with Crippen LogP contribution in [0.4, 0.5) is 5.69 Å². The van der Waals surface area contributed by atoms with Gasteiger partial charge in [0.2, 0.25) is 5.91 Å². The Morgan fingerprint density at radius 3 is 2.48 bits per heavy atom. The van der Waals surface area contributed by atoms with Crippen LogP contribution in [0.15, 0.2) is 66.0 Å². The van der Waals surface area contributed by atoms with Gasteiger partial charge in [-0.15, -0.1) is 11.3 Å². The monoisotopic (exact) mass is 408 g/mol. The molecule has 0 radical (unpaired) electrons. The summed E-state index contributed by atoms with van der Waals surface area (Å²) < 4.78 is 5.06. The fourth-order valence-electron chi connectivity index (χ4n) is 2.97. The zero-order valence-corrected chi connectivity index (χ0v) is 17.3. The van der Waals surface area contributed by atoms with Crippen molar-refractivity contribution < 1.29 is 14.3 Å². The van der Waals surface area contributed by atoms with Crippen molar-refractivity contribution in [1.82, 2.24) is 5.32 Å². The predicted molar refractivity (Wildman–Crippen MR) is 116 cm³/mol. The highest BCUT2D eigenvalue weighted by molar-refractivity contribution is 7.10. The van der Waals surface area contributed by atoms with Gasteiger partial charge in [0.25, 0.3) is 0 Å². The van der Waals surface area contributed by atoms with Crippen molar-refractivity contribution in [1.29, 1.82) is 0 Å². The maximum Gasteiger partial charge on any atom is 0.340 e. The van der Waals surface area contributed by atoms with E-state index < -0.39 is 5.97 Å². The number of anilines is 1. The summed E-state index contributed by atoms with van der Waals surface area (Å²) >= 11 is 1.64. The van der Waals surface area contributed by atoms with E-state index in [0.29, 0.717) is 11.3 Å². The Labute approximate surface area is 174 Å². The van der Waals surface area contributed by atoms with Crippen molar-refractivity contribution in [2.75, 3.05) is 18.5 Å². The number of hydrogen-bond acceptors (Lipinski definition) is 5. The summed E-state index contributed by atoms with van der Waals surface area (Å²) in [5, 5.41) is 8.17. The van der Waals surface area contributed by atoms with Crippen molar-refractivity contribution in [2.24, 2.45) is 0 Å². The quantitative estimate of drug-likeness (QED) is 0.537. The third-order valence-electron chi connectivity index (χ3n) is 4.40. The van der Waals surface area contributed by atoms with Crippen molar-refractivity contribution in [3.05, 3.63) is 87.6 Å². The van der Waals surface area contributed by atoms with Crippen molar-refractivity contribution >= 4 is 28.9 Å². The summed E-state index contributed by atoms with van der Waals surface area (Å²) in [6, 6.07) is 19.1. The Morgan fingerprint density at radius 2 is 1.79 bits per heavy atom. The van der Waals surface area contributed by atoms with E-state index in [9.17, 15) is 9.59 Å². The summed E-state index contributed by atoms with van der Waals surface area (Å²) in [7, 11) is 0. The average molecular weight is 409 g/mol. The number of para-hydroxylation sites is 1. The van der Waals surface area contributed by atoms with Gasteiger partial charge in [-0.05, 0) is 43.0 Å². The largest absolute Gasteiger partial charge is 0.462 e. The van der Waals surface area contributed by atoms with E-state index >= 15 is 0 Å². The molecule has 2 aromatic carbocycles. The minimum Gasteiger partial charge on any atom is -0.462 e. The van der Waals surface area contributed by atoms with Crippen LogP contribution < -0.4 is 10.6 Å². The zero-order chi connectivity index (χ0) is 20.6. The molecule has 0 aliphatic rings. The van der Waals surface area contributed by atoms with E-state index in [4.69, 9.17) is 4.74 Å². The molecule has 3 aromatic rings. The number of esters is 1. The van der Waals surface area contributed by atoms with Crippen LogP contribution in [0, 0.1) is 6.92 Å². The Kier molecular flexibility index (Phi) is 7.16. The van der Waals surface area contributed by atoms with Crippen LogP contribution in [0.5, 0.6) is 0 Å². The summed E-state index contributed by atoms with van der Waals surface area (Å²) in [4.78, 5) is 25.8. The van der Waals surface area contributed by atoms with E-state index in [-0.39, 0.29) is 25.1 Å². The Morgan fingerprint density at radius 1 is 1.03 bits per heavy atom. The highest BCUT2D eigenvalue weighted by Crippen LogP contribution is 2.26. The lowest BCUT2D eigenvalue weighted by molar-refractivity contribution is -0.115. The molecule has 1 heterocycles. The molecular formula is C23H24N2O3S. The molecule has 6 heteroatoms. The first kappa shape index (κ1) is 20.8. The SMILES string of the molecule is CCOC(=O)c1ccccc1NC(=O)CN[C@H](c1ccc(C)cc1)c1cccs1. The van der Waals surface area contributed by atoms with Gasteiger partial charge in [-0.1, -0.05) is 48.0 Å². The zero-order valence-electron chi connectivity index (χ0n) is 16.5. The molecule has 0 aliphatic carbocycles. The molecule has 2 N–H and O–H groups in total. The van der Waals surface area contributed by atoms with Crippen LogP contribution in [0.3, 0.4) is 0 Å². The molecule has 0 saturated carbocycles. The number of aryl methyl sites for hydroxylation is 1. The number of carbonyl (C=O) groups is 2. The van der Waals surface area contributed by atoms with Crippen molar-refractivity contribution in [3.63, 3.8) is 0 Å². The first-order chi connectivity index (χ1) is 14.1. The lowest BCUT2D eigenvalue weighted by Gasteiger charge is -2.18. The number of ether oxygens (including phenoxy) is 1. The molecule has 1 aromatic heterocycles. The van der Waals surface area contributed by atoms with Crippen LogP contribution in [0.2, 0.25) is 0 Å². The second kappa shape index (κ2) is 10.0. The normalized spacial score (nSPS) is 11.7.